The molecule has 7 heteroatoms. The lowest BCUT2D eigenvalue weighted by Crippen LogP contribution is -2.38. The second kappa shape index (κ2) is 4.78. The summed E-state index contributed by atoms with van der Waals surface area (Å²) in [6.07, 6.45) is 0. The van der Waals surface area contributed by atoms with E-state index in [9.17, 15) is 0 Å². The van der Waals surface area contributed by atoms with Gasteiger partial charge < -0.3 is 19.3 Å². The highest BCUT2D eigenvalue weighted by atomic mass is 35.5. The Kier molecular flexibility index (Phi) is 3.13. The average Bonchev–Trinajstić information content (AvgIpc) is 2.40. The van der Waals surface area contributed by atoms with Crippen molar-refractivity contribution in [1.82, 2.24) is 9.97 Å². The quantitative estimate of drug-likeness (QED) is 0.704. The highest BCUT2D eigenvalue weighted by Gasteiger charge is 2.26. The first-order valence-electron chi connectivity index (χ1n) is 6.00. The third-order valence-corrected chi connectivity index (χ3v) is 3.32. The molecule has 1 aromatic rings. The van der Waals surface area contributed by atoms with Gasteiger partial charge in [-0.25, -0.2) is 0 Å². The molecule has 0 spiro atoms. The highest BCUT2D eigenvalue weighted by molar-refractivity contribution is 6.28. The van der Waals surface area contributed by atoms with Gasteiger partial charge in [0.05, 0.1) is 19.8 Å². The zero-order valence-electron chi connectivity index (χ0n) is 10.2. The average molecular weight is 271 g/mol. The van der Waals surface area contributed by atoms with E-state index in [4.69, 9.17) is 21.1 Å². The highest BCUT2D eigenvalue weighted by Crippen LogP contribution is 2.38. The van der Waals surface area contributed by atoms with Crippen molar-refractivity contribution in [3.63, 3.8) is 0 Å². The molecule has 6 nitrogen and oxygen atoms in total. The summed E-state index contributed by atoms with van der Waals surface area (Å²) in [5.41, 5.74) is 0. The van der Waals surface area contributed by atoms with Gasteiger partial charge in [-0.05, 0) is 11.6 Å². The molecule has 0 aliphatic carbocycles. The number of hydrogen-bond acceptors (Lipinski definition) is 6. The van der Waals surface area contributed by atoms with Gasteiger partial charge in [-0.2, -0.15) is 9.97 Å². The second-order valence-corrected chi connectivity index (χ2v) is 4.68. The summed E-state index contributed by atoms with van der Waals surface area (Å²) in [5.74, 6) is 2.28. The second-order valence-electron chi connectivity index (χ2n) is 4.34. The first-order valence-corrected chi connectivity index (χ1v) is 6.37. The summed E-state index contributed by atoms with van der Waals surface area (Å²) < 4.78 is 11.1. The third kappa shape index (κ3) is 2.06. The maximum Gasteiger partial charge on any atom is 0.226 e. The van der Waals surface area contributed by atoms with E-state index in [1.165, 1.54) is 0 Å². The first-order chi connectivity index (χ1) is 8.75. The van der Waals surface area contributed by atoms with Crippen molar-refractivity contribution in [3.8, 4) is 5.75 Å². The molecule has 1 fully saturated rings. The van der Waals surface area contributed by atoms with Crippen LogP contribution >= 0.6 is 11.6 Å². The molecule has 0 saturated carbocycles. The smallest absolute Gasteiger partial charge is 0.226 e. The Labute approximate surface area is 110 Å². The Bertz CT molecular complexity index is 451. The predicted octanol–water partition coefficient (Wildman–Crippen LogP) is 0.795. The van der Waals surface area contributed by atoms with Crippen molar-refractivity contribution in [2.24, 2.45) is 0 Å². The van der Waals surface area contributed by atoms with E-state index in [2.05, 4.69) is 14.9 Å². The molecule has 2 aliphatic heterocycles. The van der Waals surface area contributed by atoms with Gasteiger partial charge in [0, 0.05) is 20.1 Å². The van der Waals surface area contributed by atoms with Crippen LogP contribution in [-0.4, -0.2) is 56.5 Å². The molecule has 0 amide bonds. The fraction of sp³-hybridized carbons (Fsp3) is 0.636. The lowest BCUT2D eigenvalue weighted by molar-refractivity contribution is 0.122. The Morgan fingerprint density at radius 3 is 2.56 bits per heavy atom. The molecule has 3 rings (SSSR count). The van der Waals surface area contributed by atoms with Crippen LogP contribution in [0.4, 0.5) is 11.6 Å². The Hall–Kier alpha value is -1.27. The van der Waals surface area contributed by atoms with Gasteiger partial charge in [0.2, 0.25) is 11.0 Å². The minimum atomic E-state index is 0.257. The molecule has 1 saturated heterocycles. The fourth-order valence-electron chi connectivity index (χ4n) is 2.17. The van der Waals surface area contributed by atoms with E-state index in [0.717, 1.165) is 37.0 Å². The zero-order chi connectivity index (χ0) is 12.5. The monoisotopic (exact) mass is 270 g/mol. The minimum Gasteiger partial charge on any atom is -0.485 e. The van der Waals surface area contributed by atoms with Crippen molar-refractivity contribution in [3.05, 3.63) is 5.28 Å². The number of likely N-dealkylation sites (N-methyl/N-ethyl adjacent to an activating group) is 1. The molecule has 18 heavy (non-hydrogen) atoms. The van der Waals surface area contributed by atoms with Gasteiger partial charge in [0.25, 0.3) is 0 Å². The maximum absolute atomic E-state index is 6.00. The largest absolute Gasteiger partial charge is 0.485 e. The normalized spacial score (nSPS) is 19.4. The van der Waals surface area contributed by atoms with Crippen LogP contribution in [0.1, 0.15) is 0 Å². The van der Waals surface area contributed by atoms with Gasteiger partial charge in [-0.1, -0.05) is 0 Å². The van der Waals surface area contributed by atoms with Gasteiger partial charge in [-0.15, -0.1) is 0 Å². The number of hydrogen-bond donors (Lipinski definition) is 0. The van der Waals surface area contributed by atoms with Crippen molar-refractivity contribution >= 4 is 23.2 Å². The minimum absolute atomic E-state index is 0.257. The number of aromatic nitrogens is 2. The van der Waals surface area contributed by atoms with Gasteiger partial charge in [-0.3, -0.25) is 0 Å². The predicted molar refractivity (Wildman–Crippen MR) is 68.8 cm³/mol. The van der Waals surface area contributed by atoms with Crippen LogP contribution in [0.25, 0.3) is 0 Å². The molecular formula is C11H15ClN4O2. The molecule has 98 valence electrons. The first kappa shape index (κ1) is 11.8. The number of halogens is 1. The summed E-state index contributed by atoms with van der Waals surface area (Å²) >= 11 is 6.00. The molecule has 0 radical (unpaired) electrons. The SMILES string of the molecule is CN1CCOc2c1nc(Cl)nc2N1CCOCC1. The zero-order valence-corrected chi connectivity index (χ0v) is 11.0. The molecule has 0 N–H and O–H groups in total. The molecule has 2 aliphatic rings. The van der Waals surface area contributed by atoms with E-state index in [1.807, 2.05) is 11.9 Å². The van der Waals surface area contributed by atoms with Crippen LogP contribution in [0.5, 0.6) is 5.75 Å². The third-order valence-electron chi connectivity index (χ3n) is 3.15. The van der Waals surface area contributed by atoms with Crippen LogP contribution in [0.3, 0.4) is 0 Å². The van der Waals surface area contributed by atoms with Crippen LogP contribution in [0.15, 0.2) is 0 Å². The lowest BCUT2D eigenvalue weighted by Gasteiger charge is -2.33. The van der Waals surface area contributed by atoms with Gasteiger partial charge in [0.15, 0.2) is 11.6 Å². The van der Waals surface area contributed by atoms with Crippen LogP contribution in [-0.2, 0) is 4.74 Å². The fourth-order valence-corrected chi connectivity index (χ4v) is 2.33. The summed E-state index contributed by atoms with van der Waals surface area (Å²) in [6, 6.07) is 0. The molecule has 0 atom stereocenters. The van der Waals surface area contributed by atoms with Gasteiger partial charge >= 0.3 is 0 Å². The van der Waals surface area contributed by atoms with Crippen molar-refractivity contribution in [2.75, 3.05) is 56.3 Å². The maximum atomic E-state index is 6.00. The summed E-state index contributed by atoms with van der Waals surface area (Å²) in [7, 11) is 1.98. The molecule has 0 bridgehead atoms. The van der Waals surface area contributed by atoms with Crippen LogP contribution in [0.2, 0.25) is 5.28 Å². The summed E-state index contributed by atoms with van der Waals surface area (Å²) in [5, 5.41) is 0.257. The van der Waals surface area contributed by atoms with E-state index < -0.39 is 0 Å². The molecule has 0 aromatic carbocycles. The van der Waals surface area contributed by atoms with E-state index >= 15 is 0 Å². The Balaban J connectivity index is 2.02. The number of rotatable bonds is 1. The van der Waals surface area contributed by atoms with Crippen LogP contribution < -0.4 is 14.5 Å². The van der Waals surface area contributed by atoms with Gasteiger partial charge in [0.1, 0.15) is 6.61 Å². The van der Waals surface area contributed by atoms with Crippen molar-refractivity contribution < 1.29 is 9.47 Å². The number of nitrogens with zero attached hydrogens (tertiary/aromatic N) is 4. The van der Waals surface area contributed by atoms with E-state index in [0.29, 0.717) is 19.8 Å². The standard InChI is InChI=1S/C11H15ClN4O2/c1-15-2-7-18-8-9(15)13-11(12)14-10(8)16-3-5-17-6-4-16/h2-7H2,1H3. The van der Waals surface area contributed by atoms with E-state index in [-0.39, 0.29) is 5.28 Å². The number of anilines is 2. The summed E-state index contributed by atoms with van der Waals surface area (Å²) in [6.45, 7) is 4.45. The van der Waals surface area contributed by atoms with Crippen molar-refractivity contribution in [1.29, 1.82) is 0 Å². The lowest BCUT2D eigenvalue weighted by atomic mass is 10.3. The number of ether oxygens (including phenoxy) is 2. The van der Waals surface area contributed by atoms with Crippen LogP contribution in [0, 0.1) is 0 Å². The molecule has 0 unspecified atom stereocenters. The Morgan fingerprint density at radius 1 is 1.06 bits per heavy atom. The molecule has 1 aromatic heterocycles. The number of fused-ring (bicyclic) bond motifs is 1. The number of morpholine rings is 1. The summed E-state index contributed by atoms with van der Waals surface area (Å²) in [4.78, 5) is 12.7. The molecular weight excluding hydrogens is 256 g/mol. The topological polar surface area (TPSA) is 50.7 Å². The Morgan fingerprint density at radius 2 is 1.78 bits per heavy atom. The molecule has 3 heterocycles. The van der Waals surface area contributed by atoms with Crippen molar-refractivity contribution in [2.45, 2.75) is 0 Å². The van der Waals surface area contributed by atoms with E-state index in [1.54, 1.807) is 0 Å².